The van der Waals surface area contributed by atoms with E-state index in [2.05, 4.69) is 19.9 Å². The molecule has 0 radical (unpaired) electrons. The molecule has 2 heterocycles. The van der Waals surface area contributed by atoms with Crippen molar-refractivity contribution in [2.45, 2.75) is 12.4 Å². The molecule has 162 valence electrons. The molecule has 0 unspecified atom stereocenters. The zero-order chi connectivity index (χ0) is 19.6. The second-order valence-electron chi connectivity index (χ2n) is 5.93. The topological polar surface area (TPSA) is 37.4 Å². The molecule has 1 aliphatic rings. The Morgan fingerprint density at radius 2 is 1.62 bits per heavy atom. The summed E-state index contributed by atoms with van der Waals surface area (Å²) in [6.45, 7) is 2.94. The van der Waals surface area contributed by atoms with Crippen LogP contribution >= 0.6 is 59.6 Å². The van der Waals surface area contributed by atoms with Crippen molar-refractivity contribution in [3.05, 3.63) is 56.8 Å². The number of nitrogens with one attached hydrogen (secondary N) is 1. The molecule has 1 saturated heterocycles. The molecule has 0 amide bonds. The molecule has 2 aromatic rings. The first-order valence-corrected chi connectivity index (χ1v) is 9.19. The second-order valence-corrected chi connectivity index (χ2v) is 7.07. The molecule has 1 N–H and O–H groups in total. The van der Waals surface area contributed by atoms with Crippen LogP contribution in [-0.2, 0) is 0 Å². The van der Waals surface area contributed by atoms with Crippen molar-refractivity contribution in [2.24, 2.45) is 0 Å². The highest BCUT2D eigenvalue weighted by atomic mass is 35.5. The number of alkyl halides is 3. The highest BCUT2D eigenvalue weighted by molar-refractivity contribution is 6.43. The Morgan fingerprint density at radius 1 is 1.03 bits per heavy atom. The third-order valence-electron chi connectivity index (χ3n) is 4.19. The third-order valence-corrected chi connectivity index (χ3v) is 5.25. The molecule has 1 aromatic heterocycles. The molecule has 0 bridgehead atoms. The lowest BCUT2D eigenvalue weighted by Gasteiger charge is -2.36. The number of halogens is 8. The second kappa shape index (κ2) is 11.1. The minimum Gasteiger partial charge on any atom is -0.406 e. The number of benzene rings is 1. The quantitative estimate of drug-likeness (QED) is 0.526. The van der Waals surface area contributed by atoms with Crippen molar-refractivity contribution in [3.63, 3.8) is 0 Å². The summed E-state index contributed by atoms with van der Waals surface area (Å²) in [5.74, 6) is -0.296. The number of aromatic nitrogens is 1. The summed E-state index contributed by atoms with van der Waals surface area (Å²) in [4.78, 5) is 6.08. The Bertz CT molecular complexity index is 802. The Balaban J connectivity index is 0.00000210. The van der Waals surface area contributed by atoms with E-state index >= 15 is 0 Å². The van der Waals surface area contributed by atoms with Crippen molar-refractivity contribution in [2.75, 3.05) is 26.2 Å². The number of ether oxygens (including phenoxy) is 1. The Hall–Kier alpha value is -0.670. The molecule has 3 rings (SSSR count). The predicted octanol–water partition coefficient (Wildman–Crippen LogP) is 5.78. The van der Waals surface area contributed by atoms with Gasteiger partial charge in [0.15, 0.2) is 0 Å². The van der Waals surface area contributed by atoms with Gasteiger partial charge in [-0.2, -0.15) is 0 Å². The highest BCUT2D eigenvalue weighted by Gasteiger charge is 2.32. The third kappa shape index (κ3) is 6.66. The van der Waals surface area contributed by atoms with Gasteiger partial charge in [-0.25, -0.2) is 4.98 Å². The van der Waals surface area contributed by atoms with E-state index in [1.807, 2.05) is 0 Å². The summed E-state index contributed by atoms with van der Waals surface area (Å²) in [5, 5.41) is 3.94. The maximum absolute atomic E-state index is 12.4. The number of pyridine rings is 1. The van der Waals surface area contributed by atoms with Gasteiger partial charge in [0.1, 0.15) is 10.9 Å². The largest absolute Gasteiger partial charge is 0.573 e. The molecule has 0 aliphatic carbocycles. The van der Waals surface area contributed by atoms with Crippen LogP contribution in [0, 0.1) is 0 Å². The van der Waals surface area contributed by atoms with Crippen LogP contribution < -0.4 is 10.1 Å². The smallest absolute Gasteiger partial charge is 0.406 e. The van der Waals surface area contributed by atoms with E-state index in [0.717, 1.165) is 18.7 Å². The predicted molar refractivity (Wildman–Crippen MR) is 113 cm³/mol. The van der Waals surface area contributed by atoms with E-state index in [1.54, 1.807) is 12.1 Å². The van der Waals surface area contributed by atoms with Crippen molar-refractivity contribution in [1.29, 1.82) is 0 Å². The molecule has 12 heteroatoms. The van der Waals surface area contributed by atoms with Crippen LogP contribution in [0.15, 0.2) is 30.5 Å². The summed E-state index contributed by atoms with van der Waals surface area (Å²) >= 11 is 18.8. The molecule has 4 nitrogen and oxygen atoms in total. The summed E-state index contributed by atoms with van der Waals surface area (Å²) < 4.78 is 41.2. The number of hydrogen-bond donors (Lipinski definition) is 1. The van der Waals surface area contributed by atoms with Crippen LogP contribution in [0.1, 0.15) is 17.2 Å². The highest BCUT2D eigenvalue weighted by Crippen LogP contribution is 2.40. The molecule has 1 fully saturated rings. The summed E-state index contributed by atoms with van der Waals surface area (Å²) in [5.41, 5.74) is 1.29. The minimum atomic E-state index is -4.75. The average molecular weight is 514 g/mol. The van der Waals surface area contributed by atoms with E-state index < -0.39 is 6.36 Å². The maximum Gasteiger partial charge on any atom is 0.573 e. The summed E-state index contributed by atoms with van der Waals surface area (Å²) in [6, 6.07) is 5.28. The van der Waals surface area contributed by atoms with Crippen LogP contribution in [0.3, 0.4) is 0 Å². The molecule has 0 saturated carbocycles. The van der Waals surface area contributed by atoms with Gasteiger partial charge in [-0.15, -0.1) is 38.0 Å². The van der Waals surface area contributed by atoms with Gasteiger partial charge >= 0.3 is 6.36 Å². The lowest BCUT2D eigenvalue weighted by molar-refractivity contribution is -0.274. The van der Waals surface area contributed by atoms with E-state index in [1.165, 1.54) is 18.3 Å². The number of piperazine rings is 1. The van der Waals surface area contributed by atoms with Crippen LogP contribution in [0.4, 0.5) is 13.2 Å². The first-order chi connectivity index (χ1) is 12.8. The zero-order valence-electron chi connectivity index (χ0n) is 14.7. The first kappa shape index (κ1) is 26.4. The zero-order valence-corrected chi connectivity index (χ0v) is 18.6. The van der Waals surface area contributed by atoms with Gasteiger partial charge in [-0.1, -0.05) is 46.9 Å². The van der Waals surface area contributed by atoms with Crippen molar-refractivity contribution in [1.82, 2.24) is 15.2 Å². The van der Waals surface area contributed by atoms with Gasteiger partial charge in [-0.05, 0) is 17.7 Å². The molecular formula is C17H17Cl5F3N3O. The number of nitrogens with zero attached hydrogens (tertiary/aromatic N) is 2. The molecule has 1 aliphatic heterocycles. The van der Waals surface area contributed by atoms with Crippen molar-refractivity contribution < 1.29 is 17.9 Å². The molecule has 1 aromatic carbocycles. The van der Waals surface area contributed by atoms with E-state index in [0.29, 0.717) is 23.7 Å². The molecular weight excluding hydrogens is 496 g/mol. The van der Waals surface area contributed by atoms with E-state index in [4.69, 9.17) is 34.8 Å². The van der Waals surface area contributed by atoms with E-state index in [9.17, 15) is 13.2 Å². The van der Waals surface area contributed by atoms with Gasteiger partial charge in [-0.3, -0.25) is 4.90 Å². The SMILES string of the molecule is Cl.Cl.FC(F)(F)Oc1ccc([C@H](c2c(Cl)cnc(Cl)c2Cl)N2CCNCC2)cc1. The Kier molecular flexibility index (Phi) is 10.1. The van der Waals surface area contributed by atoms with Gasteiger partial charge in [0.25, 0.3) is 0 Å². The van der Waals surface area contributed by atoms with Gasteiger partial charge in [0.05, 0.1) is 16.1 Å². The first-order valence-electron chi connectivity index (χ1n) is 8.06. The van der Waals surface area contributed by atoms with Crippen LogP contribution in [0.2, 0.25) is 15.2 Å². The number of hydrogen-bond acceptors (Lipinski definition) is 4. The van der Waals surface area contributed by atoms with E-state index in [-0.39, 0.29) is 46.8 Å². The van der Waals surface area contributed by atoms with Crippen LogP contribution in [0.5, 0.6) is 5.75 Å². The van der Waals surface area contributed by atoms with Crippen molar-refractivity contribution in [3.8, 4) is 5.75 Å². The fourth-order valence-electron chi connectivity index (χ4n) is 3.06. The Labute approximate surface area is 193 Å². The van der Waals surface area contributed by atoms with Gasteiger partial charge in [0.2, 0.25) is 0 Å². The minimum absolute atomic E-state index is 0. The molecule has 1 atom stereocenters. The van der Waals surface area contributed by atoms with Gasteiger partial charge < -0.3 is 10.1 Å². The average Bonchev–Trinajstić information content (AvgIpc) is 2.62. The van der Waals surface area contributed by atoms with Crippen LogP contribution in [-0.4, -0.2) is 42.4 Å². The monoisotopic (exact) mass is 511 g/mol. The molecule has 0 spiro atoms. The fourth-order valence-corrected chi connectivity index (χ4v) is 3.76. The summed E-state index contributed by atoms with van der Waals surface area (Å²) in [7, 11) is 0. The fraction of sp³-hybridized carbons (Fsp3) is 0.353. The van der Waals surface area contributed by atoms with Crippen LogP contribution in [0.25, 0.3) is 0 Å². The lowest BCUT2D eigenvalue weighted by atomic mass is 9.97. The number of rotatable bonds is 4. The Morgan fingerprint density at radius 3 is 2.17 bits per heavy atom. The normalized spacial score (nSPS) is 15.8. The standard InChI is InChI=1S/C17H15Cl3F3N3O.2ClH/c18-12-9-25-16(20)14(19)13(12)15(26-7-5-24-6-8-26)10-1-3-11(4-2-10)27-17(21,22)23;;/h1-4,9,15,24H,5-8H2;2*1H/t15-;;/m1../s1. The van der Waals surface area contributed by atoms with Crippen molar-refractivity contribution >= 4 is 59.6 Å². The maximum atomic E-state index is 12.4. The summed E-state index contributed by atoms with van der Waals surface area (Å²) in [6.07, 6.45) is -3.33. The van der Waals surface area contributed by atoms with Gasteiger partial charge in [0, 0.05) is 37.9 Å². The lowest BCUT2D eigenvalue weighted by Crippen LogP contribution is -2.45. The molecule has 29 heavy (non-hydrogen) atoms.